The predicted molar refractivity (Wildman–Crippen MR) is 80.2 cm³/mol. The third-order valence-electron chi connectivity index (χ3n) is 3.72. The molecule has 1 aromatic rings. The van der Waals surface area contributed by atoms with Crippen molar-refractivity contribution in [2.45, 2.75) is 38.3 Å². The molecule has 0 aliphatic heterocycles. The molecule has 1 aliphatic carbocycles. The minimum atomic E-state index is -0.234. The molecular formula is C14H19BrFN3O. The van der Waals surface area contributed by atoms with Crippen LogP contribution < -0.4 is 5.73 Å². The minimum absolute atomic E-state index is 0.161. The van der Waals surface area contributed by atoms with E-state index in [0.717, 1.165) is 17.3 Å². The van der Waals surface area contributed by atoms with Crippen LogP contribution in [0.25, 0.3) is 0 Å². The van der Waals surface area contributed by atoms with Gasteiger partial charge in [-0.1, -0.05) is 40.0 Å². The number of rotatable bonds is 5. The summed E-state index contributed by atoms with van der Waals surface area (Å²) in [5.74, 6) is -0.0729. The number of nitrogens with two attached hydrogens (primary N) is 1. The van der Waals surface area contributed by atoms with Crippen LogP contribution in [0.4, 0.5) is 4.39 Å². The molecule has 0 heterocycles. The fraction of sp³-hybridized carbons (Fsp3) is 0.500. The summed E-state index contributed by atoms with van der Waals surface area (Å²) in [7, 11) is 0. The monoisotopic (exact) mass is 343 g/mol. The van der Waals surface area contributed by atoms with E-state index in [2.05, 4.69) is 26.0 Å². The topological polar surface area (TPSA) is 61.8 Å². The Balaban J connectivity index is 2.13. The van der Waals surface area contributed by atoms with E-state index in [1.807, 2.05) is 6.07 Å². The molecule has 0 unspecified atom stereocenters. The van der Waals surface area contributed by atoms with E-state index in [1.54, 1.807) is 6.07 Å². The number of hydrogen-bond acceptors (Lipinski definition) is 3. The lowest BCUT2D eigenvalue weighted by atomic mass is 10.1. The van der Waals surface area contributed by atoms with Crippen molar-refractivity contribution in [3.63, 3.8) is 0 Å². The summed E-state index contributed by atoms with van der Waals surface area (Å²) in [6.45, 7) is 0.830. The molecule has 2 rings (SSSR count). The molecule has 0 atom stereocenters. The van der Waals surface area contributed by atoms with Gasteiger partial charge >= 0.3 is 0 Å². The average Bonchev–Trinajstić information content (AvgIpc) is 2.94. The number of amidine groups is 1. The fourth-order valence-electron chi connectivity index (χ4n) is 2.69. The first kappa shape index (κ1) is 15.3. The molecule has 0 radical (unpaired) electrons. The van der Waals surface area contributed by atoms with Gasteiger partial charge in [0.1, 0.15) is 5.82 Å². The van der Waals surface area contributed by atoms with Gasteiger partial charge in [0.25, 0.3) is 0 Å². The standard InChI is InChI=1S/C14H19BrFN3O/c15-11-6-5-10(13(16)7-11)8-19(9-14(17)18-20)12-3-1-2-4-12/h5-7,12,20H,1-4,8-9H2,(H2,17,18). The highest BCUT2D eigenvalue weighted by Gasteiger charge is 2.24. The van der Waals surface area contributed by atoms with Crippen LogP contribution in [0, 0.1) is 5.82 Å². The van der Waals surface area contributed by atoms with E-state index in [9.17, 15) is 4.39 Å². The van der Waals surface area contributed by atoms with E-state index in [1.165, 1.54) is 18.9 Å². The molecule has 0 amide bonds. The van der Waals surface area contributed by atoms with Crippen molar-refractivity contribution >= 4 is 21.8 Å². The molecule has 1 aromatic carbocycles. The lowest BCUT2D eigenvalue weighted by molar-refractivity contribution is 0.211. The fourth-order valence-corrected chi connectivity index (χ4v) is 3.03. The largest absolute Gasteiger partial charge is 0.409 e. The third kappa shape index (κ3) is 3.93. The van der Waals surface area contributed by atoms with Crippen LogP contribution in [0.15, 0.2) is 27.8 Å². The van der Waals surface area contributed by atoms with Gasteiger partial charge in [0, 0.05) is 22.6 Å². The molecule has 0 spiro atoms. The summed E-state index contributed by atoms with van der Waals surface area (Å²) in [6.07, 6.45) is 4.52. The van der Waals surface area contributed by atoms with Crippen LogP contribution in [0.3, 0.4) is 0 Å². The smallest absolute Gasteiger partial charge is 0.153 e. The second-order valence-corrected chi connectivity index (χ2v) is 6.09. The van der Waals surface area contributed by atoms with E-state index in [4.69, 9.17) is 10.9 Å². The summed E-state index contributed by atoms with van der Waals surface area (Å²) in [5.41, 5.74) is 6.24. The third-order valence-corrected chi connectivity index (χ3v) is 4.22. The van der Waals surface area contributed by atoms with Gasteiger partial charge < -0.3 is 10.9 Å². The summed E-state index contributed by atoms with van der Waals surface area (Å²) >= 11 is 3.25. The molecular weight excluding hydrogens is 325 g/mol. The first-order valence-electron chi connectivity index (χ1n) is 6.74. The number of hydrogen-bond donors (Lipinski definition) is 2. The van der Waals surface area contributed by atoms with Gasteiger partial charge in [-0.3, -0.25) is 4.90 Å². The molecule has 1 saturated carbocycles. The van der Waals surface area contributed by atoms with Crippen LogP contribution in [0.2, 0.25) is 0 Å². The number of nitrogens with zero attached hydrogens (tertiary/aromatic N) is 2. The Kier molecular flexibility index (Phi) is 5.37. The van der Waals surface area contributed by atoms with Gasteiger partial charge in [-0.15, -0.1) is 0 Å². The van der Waals surface area contributed by atoms with Crippen LogP contribution in [0.5, 0.6) is 0 Å². The lowest BCUT2D eigenvalue weighted by Gasteiger charge is -2.28. The highest BCUT2D eigenvalue weighted by atomic mass is 79.9. The minimum Gasteiger partial charge on any atom is -0.409 e. The zero-order chi connectivity index (χ0) is 14.5. The highest BCUT2D eigenvalue weighted by molar-refractivity contribution is 9.10. The van der Waals surface area contributed by atoms with Gasteiger partial charge in [-0.2, -0.15) is 0 Å². The molecule has 0 saturated heterocycles. The van der Waals surface area contributed by atoms with E-state index in [-0.39, 0.29) is 11.7 Å². The van der Waals surface area contributed by atoms with E-state index < -0.39 is 0 Å². The lowest BCUT2D eigenvalue weighted by Crippen LogP contribution is -2.39. The van der Waals surface area contributed by atoms with E-state index in [0.29, 0.717) is 24.7 Å². The van der Waals surface area contributed by atoms with Gasteiger partial charge in [0.05, 0.1) is 6.54 Å². The maximum atomic E-state index is 13.9. The van der Waals surface area contributed by atoms with Crippen LogP contribution in [-0.2, 0) is 6.54 Å². The average molecular weight is 344 g/mol. The molecule has 20 heavy (non-hydrogen) atoms. The summed E-state index contributed by atoms with van der Waals surface area (Å²) in [6, 6.07) is 5.44. The Hall–Kier alpha value is -1.14. The van der Waals surface area contributed by atoms with E-state index >= 15 is 0 Å². The molecule has 1 fully saturated rings. The van der Waals surface area contributed by atoms with Gasteiger partial charge in [0.2, 0.25) is 0 Å². The Morgan fingerprint density at radius 3 is 2.75 bits per heavy atom. The van der Waals surface area contributed by atoms with Crippen molar-refractivity contribution in [3.8, 4) is 0 Å². The summed E-state index contributed by atoms with van der Waals surface area (Å²) in [4.78, 5) is 2.09. The Labute approximate surface area is 126 Å². The molecule has 6 heteroatoms. The van der Waals surface area contributed by atoms with Crippen LogP contribution in [0.1, 0.15) is 31.2 Å². The summed E-state index contributed by atoms with van der Waals surface area (Å²) in [5, 5.41) is 11.8. The molecule has 0 bridgehead atoms. The van der Waals surface area contributed by atoms with Crippen molar-refractivity contribution in [2.75, 3.05) is 6.54 Å². The van der Waals surface area contributed by atoms with Gasteiger partial charge in [-0.25, -0.2) is 4.39 Å². The Morgan fingerprint density at radius 2 is 2.15 bits per heavy atom. The summed E-state index contributed by atoms with van der Waals surface area (Å²) < 4.78 is 14.7. The number of benzene rings is 1. The van der Waals surface area contributed by atoms with Crippen molar-refractivity contribution in [3.05, 3.63) is 34.1 Å². The molecule has 1 aliphatic rings. The van der Waals surface area contributed by atoms with Crippen LogP contribution in [-0.4, -0.2) is 28.5 Å². The quantitative estimate of drug-likeness (QED) is 0.373. The predicted octanol–water partition coefficient (Wildman–Crippen LogP) is 3.08. The van der Waals surface area contributed by atoms with Crippen molar-refractivity contribution < 1.29 is 9.60 Å². The zero-order valence-electron chi connectivity index (χ0n) is 11.2. The SMILES string of the molecule is NC(CN(Cc1ccc(Br)cc1F)C1CCCC1)=NO. The van der Waals surface area contributed by atoms with Gasteiger partial charge in [-0.05, 0) is 25.0 Å². The van der Waals surface area contributed by atoms with Crippen molar-refractivity contribution in [2.24, 2.45) is 10.9 Å². The Bertz CT molecular complexity index is 489. The van der Waals surface area contributed by atoms with Crippen molar-refractivity contribution in [1.29, 1.82) is 0 Å². The molecule has 4 nitrogen and oxygen atoms in total. The Morgan fingerprint density at radius 1 is 1.45 bits per heavy atom. The number of halogens is 2. The highest BCUT2D eigenvalue weighted by Crippen LogP contribution is 2.26. The zero-order valence-corrected chi connectivity index (χ0v) is 12.8. The normalized spacial score (nSPS) is 17.1. The van der Waals surface area contributed by atoms with Gasteiger partial charge in [0.15, 0.2) is 5.84 Å². The molecule has 3 N–H and O–H groups in total. The maximum Gasteiger partial charge on any atom is 0.153 e. The number of oxime groups is 1. The van der Waals surface area contributed by atoms with Crippen LogP contribution >= 0.6 is 15.9 Å². The van der Waals surface area contributed by atoms with Crippen molar-refractivity contribution in [1.82, 2.24) is 4.90 Å². The second kappa shape index (κ2) is 7.04. The molecule has 0 aromatic heterocycles. The first-order chi connectivity index (χ1) is 9.60. The first-order valence-corrected chi connectivity index (χ1v) is 7.54. The molecule has 110 valence electrons. The second-order valence-electron chi connectivity index (χ2n) is 5.17. The maximum absolute atomic E-state index is 13.9.